The van der Waals surface area contributed by atoms with Gasteiger partial charge in [-0.25, -0.2) is 0 Å². The van der Waals surface area contributed by atoms with E-state index >= 15 is 0 Å². The third-order valence-electron chi connectivity index (χ3n) is 19.0. The van der Waals surface area contributed by atoms with E-state index in [1.54, 1.807) is 0 Å². The van der Waals surface area contributed by atoms with Crippen molar-refractivity contribution in [3.8, 4) is 65.1 Å². The first kappa shape index (κ1) is 103. The minimum absolute atomic E-state index is 0. The summed E-state index contributed by atoms with van der Waals surface area (Å²) in [5, 5.41) is 28.8. The molecule has 0 aliphatic heterocycles. The number of rotatable bonds is 9. The van der Waals surface area contributed by atoms with Crippen LogP contribution in [0.15, 0.2) is 175 Å². The van der Waals surface area contributed by atoms with E-state index in [0.717, 1.165) is 50.5 Å². The Morgan fingerprint density at radius 1 is 0.314 bits per heavy atom. The second-order valence-corrected chi connectivity index (χ2v) is 40.2. The molecule has 118 heavy (non-hydrogen) atoms. The number of allylic oxidation sites excluding steroid dienone is 6. The number of ketones is 3. The molecule has 0 amide bonds. The summed E-state index contributed by atoms with van der Waals surface area (Å²) in [5.74, 6) is -0.187. The number of carbonyl (C=O) groups excluding carboxylic acids is 3. The fraction of sp³-hybridized carbons (Fsp3) is 0.359. The van der Waals surface area contributed by atoms with Crippen molar-refractivity contribution in [3.63, 3.8) is 0 Å². The maximum Gasteiger partial charge on any atom is 0.155 e. The predicted molar refractivity (Wildman–Crippen MR) is 495 cm³/mol. The number of hydrogen-bond acceptors (Lipinski definition) is 12. The molecule has 12 rings (SSSR count). The number of nitrogens with zero attached hydrogens (tertiary/aromatic N) is 3. The van der Waals surface area contributed by atoms with Crippen LogP contribution >= 0.6 is 34.0 Å². The number of aromatic nitrogens is 3. The van der Waals surface area contributed by atoms with Crippen LogP contribution < -0.4 is 0 Å². The van der Waals surface area contributed by atoms with Crippen molar-refractivity contribution in [2.24, 2.45) is 0 Å². The van der Waals surface area contributed by atoms with Gasteiger partial charge in [-0.15, -0.1) is 139 Å². The molecule has 3 N–H and O–H groups in total. The molecular weight excluding hydrogens is 2050 g/mol. The van der Waals surface area contributed by atoms with Crippen LogP contribution in [-0.2, 0) is 107 Å². The Kier molecular flexibility index (Phi) is 36.6. The predicted octanol–water partition coefficient (Wildman–Crippen LogP) is 29.3. The number of aryl methyl sites for hydroxylation is 7. The van der Waals surface area contributed by atoms with Crippen molar-refractivity contribution in [2.75, 3.05) is 0 Å². The van der Waals surface area contributed by atoms with Crippen LogP contribution in [0.5, 0.6) is 0 Å². The van der Waals surface area contributed by atoms with Crippen molar-refractivity contribution >= 4 is 81.6 Å². The third-order valence-corrected chi connectivity index (χ3v) is 22.4. The van der Waals surface area contributed by atoms with E-state index < -0.39 is 0 Å². The Balaban J connectivity index is 0.000000328. The van der Waals surface area contributed by atoms with Crippen LogP contribution in [-0.4, -0.2) is 47.6 Å². The van der Waals surface area contributed by atoms with Crippen molar-refractivity contribution in [2.45, 2.75) is 247 Å². The van der Waals surface area contributed by atoms with Crippen molar-refractivity contribution in [1.82, 2.24) is 15.0 Å². The average molecular weight is 2170 g/mol. The molecule has 15 heteroatoms. The van der Waals surface area contributed by atoms with Gasteiger partial charge < -0.3 is 30.3 Å². The molecule has 0 atom stereocenters. The molecule has 0 unspecified atom stereocenters. The van der Waals surface area contributed by atoms with Crippen molar-refractivity contribution < 1.29 is 90.0 Å². The summed E-state index contributed by atoms with van der Waals surface area (Å²) in [6.45, 7) is 64.6. The Hall–Kier alpha value is -7.77. The summed E-state index contributed by atoms with van der Waals surface area (Å²) in [6, 6.07) is 56.2. The van der Waals surface area contributed by atoms with E-state index in [-0.39, 0.29) is 127 Å². The number of thiophene rings is 3. The van der Waals surface area contributed by atoms with Crippen LogP contribution in [0.25, 0.3) is 95.4 Å². The molecule has 0 spiro atoms. The molecule has 0 saturated carbocycles. The number of fused-ring (bicyclic) bond motifs is 3. The summed E-state index contributed by atoms with van der Waals surface area (Å²) >= 11 is 5.47. The van der Waals surface area contributed by atoms with E-state index in [0.29, 0.717) is 0 Å². The second kappa shape index (κ2) is 42.1. The zero-order valence-electron chi connectivity index (χ0n) is 75.1. The fourth-order valence-corrected chi connectivity index (χ4v) is 16.2. The first-order valence-electron chi connectivity index (χ1n) is 39.3. The van der Waals surface area contributed by atoms with Gasteiger partial charge in [0.1, 0.15) is 0 Å². The van der Waals surface area contributed by atoms with Gasteiger partial charge in [-0.1, -0.05) is 211 Å². The number of hydrogen-bond donors (Lipinski definition) is 3. The van der Waals surface area contributed by atoms with Gasteiger partial charge in [0.2, 0.25) is 0 Å². The third kappa shape index (κ3) is 30.1. The molecule has 9 nitrogen and oxygen atoms in total. The van der Waals surface area contributed by atoms with Gasteiger partial charge in [-0.3, -0.25) is 14.4 Å². The van der Waals surface area contributed by atoms with Crippen LogP contribution in [0.4, 0.5) is 0 Å². The van der Waals surface area contributed by atoms with Crippen LogP contribution in [0, 0.1) is 66.7 Å². The van der Waals surface area contributed by atoms with Crippen LogP contribution in [0.3, 0.4) is 0 Å². The first-order chi connectivity index (χ1) is 53.0. The Morgan fingerprint density at radius 2 is 0.559 bits per heavy atom. The van der Waals surface area contributed by atoms with Crippen molar-refractivity contribution in [3.05, 3.63) is 266 Å². The zero-order valence-corrected chi connectivity index (χ0v) is 84.8. The van der Waals surface area contributed by atoms with Gasteiger partial charge in [0.05, 0.1) is 31.4 Å². The number of aliphatic hydroxyl groups excluding tert-OH is 3. The molecule has 0 bridgehead atoms. The minimum atomic E-state index is -0.125. The largest absolute Gasteiger partial charge is 0.512 e. The monoisotopic (exact) mass is 2170 g/mol. The molecule has 0 saturated heterocycles. The van der Waals surface area contributed by atoms with Gasteiger partial charge >= 0.3 is 0 Å². The maximum atomic E-state index is 10.0. The normalized spacial score (nSPS) is 12.0. The smallest absolute Gasteiger partial charge is 0.155 e. The summed E-state index contributed by atoms with van der Waals surface area (Å²) < 4.78 is 3.67. The number of pyridine rings is 3. The number of benzene rings is 6. The van der Waals surface area contributed by atoms with E-state index in [9.17, 15) is 14.4 Å². The Labute approximate surface area is 758 Å². The van der Waals surface area contributed by atoms with Crippen LogP contribution in [0.1, 0.15) is 238 Å². The first-order valence-corrected chi connectivity index (χ1v) is 41.8. The summed E-state index contributed by atoms with van der Waals surface area (Å²) in [4.78, 5) is 48.4. The summed E-state index contributed by atoms with van der Waals surface area (Å²) in [7, 11) is 0. The summed E-state index contributed by atoms with van der Waals surface area (Å²) in [6.07, 6.45) is 9.57. The standard InChI is InChI=1S/C32H38NS.C30H34NS.C26H26NS.3C5H8O2.3Ir/c1-20-11-21(13-24(12-20)30(2,3)4)27-16-23-17-28(34-29(23)19-33-27)22-14-25(31(5,6)7)18-26(15-22)32(8,9)10;1-18-10-21(14-23(11-18)29(4,5)6)25-15-22-16-26(32-27(22)17-31-25)28-19(2)12-24(13-20(28)3)30(7,8)9;1-16-7-17(2)10-20(9-16)24-14-21-13-23(27-15-25(21)28-24)19-8-18(3)11-22(12-19)26(4,5)6;3*1-4(6)3-5(2)7;;;/h12-19H,1-10H3;11-17H,1-9H3;7,9-15H,1-6H3;3*3,6H,1-2H3;;;/q3*-1;;;;;;. The van der Waals surface area contributed by atoms with E-state index in [4.69, 9.17) is 30.3 Å². The van der Waals surface area contributed by atoms with Gasteiger partial charge in [0.15, 0.2) is 17.3 Å². The molecule has 0 aliphatic rings. The Bertz CT molecular complexity index is 5490. The molecule has 0 aliphatic carbocycles. The van der Waals surface area contributed by atoms with Gasteiger partial charge in [0.25, 0.3) is 0 Å². The fourth-order valence-electron chi connectivity index (χ4n) is 13.0. The van der Waals surface area contributed by atoms with Gasteiger partial charge in [-0.2, -0.15) is 0 Å². The zero-order chi connectivity index (χ0) is 86.1. The van der Waals surface area contributed by atoms with Crippen LogP contribution in [0.2, 0.25) is 0 Å². The number of carbonyl (C=O) groups is 3. The molecule has 12 aromatic rings. The topological polar surface area (TPSA) is 151 Å². The van der Waals surface area contributed by atoms with Crippen molar-refractivity contribution in [1.29, 1.82) is 0 Å². The maximum absolute atomic E-state index is 10.0. The second-order valence-electron chi connectivity index (χ2n) is 36.9. The summed E-state index contributed by atoms with van der Waals surface area (Å²) in [5.41, 5.74) is 27.7. The molecule has 6 heterocycles. The van der Waals surface area contributed by atoms with Gasteiger partial charge in [-0.05, 0) is 210 Å². The molecule has 6 aromatic heterocycles. The molecular formula is C103H122Ir3N3O6S3-3. The molecule has 633 valence electrons. The van der Waals surface area contributed by atoms with E-state index in [1.807, 2.05) is 52.6 Å². The number of aliphatic hydroxyl groups is 3. The van der Waals surface area contributed by atoms with E-state index in [1.165, 1.54) is 177 Å². The average Bonchev–Trinajstić information content (AvgIpc) is 1.64. The molecule has 3 radical (unpaired) electrons. The van der Waals surface area contributed by atoms with E-state index in [2.05, 4.69) is 313 Å². The van der Waals surface area contributed by atoms with Gasteiger partial charge in [0, 0.05) is 112 Å². The minimum Gasteiger partial charge on any atom is -0.512 e. The SMILES string of the molecule is CC(=O)C=C(C)O.CC(=O)C=C(C)O.CC(=O)C=C(C)O.Cc1[c-]c(-c2cc3cc(-c4c(C)cc(C(C)(C)C)cc4C)sc3cn2)cc(C(C)(C)C)c1.Cc1[c-]c(-c2cc3cc(-c4cc(C(C)(C)C)cc(C(C)(C)C)c4)sc3cn2)cc(C(C)(C)C)c1.Cc1[c-]c(-c2cc3cc(-c4cc(C)cc(C)c4)sc3cn2)cc(C(C)(C)C)c1.[Ir].[Ir].[Ir]. The quantitative estimate of drug-likeness (QED) is 0.0729. The molecule has 6 aromatic carbocycles. The Morgan fingerprint density at radius 3 is 0.814 bits per heavy atom. The molecule has 0 fully saturated rings.